The molecule has 1 fully saturated rings. The monoisotopic (exact) mass is 325 g/mol. The molecule has 0 radical (unpaired) electrons. The number of halogens is 1. The Hall–Kier alpha value is -0.380. The van der Waals surface area contributed by atoms with Crippen LogP contribution in [0.5, 0.6) is 0 Å². The molecule has 2 rings (SSSR count). The predicted molar refractivity (Wildman–Crippen MR) is 83.6 cm³/mol. The average molecular weight is 326 g/mol. The molecular weight excluding hydrogens is 302 g/mol. The highest BCUT2D eigenvalue weighted by Gasteiger charge is 2.22. The van der Waals surface area contributed by atoms with Gasteiger partial charge in [0.1, 0.15) is 0 Å². The van der Waals surface area contributed by atoms with Crippen LogP contribution in [0.1, 0.15) is 44.1 Å². The zero-order chi connectivity index (χ0) is 13.5. The second-order valence-electron chi connectivity index (χ2n) is 5.27. The van der Waals surface area contributed by atoms with Gasteiger partial charge < -0.3 is 10.1 Å². The Morgan fingerprint density at radius 1 is 1.42 bits per heavy atom. The fourth-order valence-electron chi connectivity index (χ4n) is 2.32. The maximum Gasteiger partial charge on any atom is 0.0466 e. The molecule has 1 saturated carbocycles. The van der Waals surface area contributed by atoms with Crippen LogP contribution >= 0.6 is 15.9 Å². The Labute approximate surface area is 125 Å². The third-order valence-corrected chi connectivity index (χ3v) is 4.09. The van der Waals surface area contributed by atoms with E-state index in [1.807, 2.05) is 0 Å². The van der Waals surface area contributed by atoms with Gasteiger partial charge in [0.05, 0.1) is 0 Å². The molecule has 3 heteroatoms. The smallest absolute Gasteiger partial charge is 0.0466 e. The first-order valence-electron chi connectivity index (χ1n) is 7.36. The first-order valence-corrected chi connectivity index (χ1v) is 8.15. The lowest BCUT2D eigenvalue weighted by Gasteiger charge is -2.18. The minimum atomic E-state index is 0.596. The van der Waals surface area contributed by atoms with Crippen molar-refractivity contribution in [3.63, 3.8) is 0 Å². The Morgan fingerprint density at radius 2 is 2.26 bits per heavy atom. The molecule has 0 aliphatic heterocycles. The zero-order valence-corrected chi connectivity index (χ0v) is 13.3. The third-order valence-electron chi connectivity index (χ3n) is 3.60. The van der Waals surface area contributed by atoms with Crippen LogP contribution in [0.4, 0.5) is 0 Å². The molecule has 1 atom stereocenters. The van der Waals surface area contributed by atoms with Crippen LogP contribution in [0.15, 0.2) is 28.7 Å². The summed E-state index contributed by atoms with van der Waals surface area (Å²) in [5.41, 5.74) is 1.43. The van der Waals surface area contributed by atoms with Crippen molar-refractivity contribution in [2.75, 3.05) is 19.8 Å². The molecule has 0 bridgehead atoms. The van der Waals surface area contributed by atoms with Crippen LogP contribution in [0.25, 0.3) is 0 Å². The Kier molecular flexibility index (Phi) is 6.35. The lowest BCUT2D eigenvalue weighted by atomic mass is 9.94. The third kappa shape index (κ3) is 5.64. The van der Waals surface area contributed by atoms with E-state index in [0.29, 0.717) is 5.92 Å². The largest absolute Gasteiger partial charge is 0.382 e. The molecule has 0 aromatic heterocycles. The van der Waals surface area contributed by atoms with Gasteiger partial charge in [-0.05, 0) is 56.2 Å². The summed E-state index contributed by atoms with van der Waals surface area (Å²) < 4.78 is 6.62. The van der Waals surface area contributed by atoms with E-state index in [0.717, 1.165) is 32.2 Å². The number of nitrogens with one attached hydrogen (secondary N) is 1. The number of benzene rings is 1. The summed E-state index contributed by atoms with van der Waals surface area (Å²) >= 11 is 3.57. The second kappa shape index (κ2) is 8.03. The molecule has 2 nitrogen and oxygen atoms in total. The van der Waals surface area contributed by atoms with Crippen molar-refractivity contribution in [1.82, 2.24) is 5.32 Å². The minimum absolute atomic E-state index is 0.596. The SMILES string of the molecule is CCOCCCC(CNC1CC1)c1cccc(Br)c1. The highest BCUT2D eigenvalue weighted by atomic mass is 79.9. The summed E-state index contributed by atoms with van der Waals surface area (Å²) in [6.07, 6.45) is 5.03. The topological polar surface area (TPSA) is 21.3 Å². The quantitative estimate of drug-likeness (QED) is 0.690. The van der Waals surface area contributed by atoms with E-state index in [1.165, 1.54) is 29.3 Å². The first-order chi connectivity index (χ1) is 9.29. The summed E-state index contributed by atoms with van der Waals surface area (Å²) in [6.45, 7) is 4.85. The Morgan fingerprint density at radius 3 is 2.95 bits per heavy atom. The first kappa shape index (κ1) is 15.0. The lowest BCUT2D eigenvalue weighted by molar-refractivity contribution is 0.141. The van der Waals surface area contributed by atoms with Crippen molar-refractivity contribution >= 4 is 15.9 Å². The van der Waals surface area contributed by atoms with Gasteiger partial charge in [-0.1, -0.05) is 28.1 Å². The lowest BCUT2D eigenvalue weighted by Crippen LogP contribution is -2.23. The molecule has 0 spiro atoms. The highest BCUT2D eigenvalue weighted by molar-refractivity contribution is 9.10. The Balaban J connectivity index is 1.87. The van der Waals surface area contributed by atoms with Gasteiger partial charge in [-0.15, -0.1) is 0 Å². The van der Waals surface area contributed by atoms with Crippen LogP contribution < -0.4 is 5.32 Å². The zero-order valence-electron chi connectivity index (χ0n) is 11.7. The number of rotatable bonds is 9. The van der Waals surface area contributed by atoms with Gasteiger partial charge in [-0.3, -0.25) is 0 Å². The van der Waals surface area contributed by atoms with Crippen molar-refractivity contribution in [2.45, 2.75) is 44.6 Å². The molecule has 106 valence electrons. The van der Waals surface area contributed by atoms with Gasteiger partial charge >= 0.3 is 0 Å². The van der Waals surface area contributed by atoms with Gasteiger partial charge in [0.15, 0.2) is 0 Å². The summed E-state index contributed by atoms with van der Waals surface area (Å²) in [4.78, 5) is 0. The van der Waals surface area contributed by atoms with Crippen molar-refractivity contribution in [2.24, 2.45) is 0 Å². The molecule has 1 aromatic carbocycles. The number of hydrogen-bond donors (Lipinski definition) is 1. The molecule has 1 unspecified atom stereocenters. The Bertz CT molecular complexity index is 379. The fraction of sp³-hybridized carbons (Fsp3) is 0.625. The van der Waals surface area contributed by atoms with Crippen molar-refractivity contribution in [3.8, 4) is 0 Å². The normalized spacial score (nSPS) is 16.5. The maximum absolute atomic E-state index is 5.45. The predicted octanol–water partition coefficient (Wildman–Crippen LogP) is 4.10. The fourth-order valence-corrected chi connectivity index (χ4v) is 2.74. The summed E-state index contributed by atoms with van der Waals surface area (Å²) in [5, 5.41) is 3.66. The van der Waals surface area contributed by atoms with Gasteiger partial charge in [0.25, 0.3) is 0 Å². The van der Waals surface area contributed by atoms with Crippen LogP contribution in [-0.4, -0.2) is 25.8 Å². The van der Waals surface area contributed by atoms with E-state index in [2.05, 4.69) is 52.4 Å². The summed E-state index contributed by atoms with van der Waals surface area (Å²) in [5.74, 6) is 0.596. The molecule has 1 aliphatic rings. The average Bonchev–Trinajstić information content (AvgIpc) is 3.22. The minimum Gasteiger partial charge on any atom is -0.382 e. The van der Waals surface area contributed by atoms with E-state index >= 15 is 0 Å². The standard InChI is InChI=1S/C16H24BrNO/c1-2-19-10-4-6-14(12-18-16-8-9-16)13-5-3-7-15(17)11-13/h3,5,7,11,14,16,18H,2,4,6,8-10,12H2,1H3. The number of hydrogen-bond acceptors (Lipinski definition) is 2. The molecule has 19 heavy (non-hydrogen) atoms. The van der Waals surface area contributed by atoms with Crippen LogP contribution in [0.2, 0.25) is 0 Å². The molecule has 1 N–H and O–H groups in total. The molecule has 0 heterocycles. The second-order valence-corrected chi connectivity index (χ2v) is 6.19. The van der Waals surface area contributed by atoms with E-state index in [-0.39, 0.29) is 0 Å². The van der Waals surface area contributed by atoms with Crippen molar-refractivity contribution in [3.05, 3.63) is 34.3 Å². The van der Waals surface area contributed by atoms with Crippen LogP contribution in [0.3, 0.4) is 0 Å². The van der Waals surface area contributed by atoms with E-state index < -0.39 is 0 Å². The maximum atomic E-state index is 5.45. The van der Waals surface area contributed by atoms with E-state index in [1.54, 1.807) is 0 Å². The molecule has 1 aromatic rings. The van der Waals surface area contributed by atoms with Crippen LogP contribution in [0, 0.1) is 0 Å². The van der Waals surface area contributed by atoms with Crippen molar-refractivity contribution < 1.29 is 4.74 Å². The van der Waals surface area contributed by atoms with Gasteiger partial charge in [-0.2, -0.15) is 0 Å². The molecular formula is C16H24BrNO. The van der Waals surface area contributed by atoms with Gasteiger partial charge in [0, 0.05) is 30.3 Å². The van der Waals surface area contributed by atoms with Gasteiger partial charge in [-0.25, -0.2) is 0 Å². The van der Waals surface area contributed by atoms with Crippen molar-refractivity contribution in [1.29, 1.82) is 0 Å². The van der Waals surface area contributed by atoms with Gasteiger partial charge in [0.2, 0.25) is 0 Å². The number of ether oxygens (including phenoxy) is 1. The molecule has 1 aliphatic carbocycles. The van der Waals surface area contributed by atoms with E-state index in [4.69, 9.17) is 4.74 Å². The van der Waals surface area contributed by atoms with E-state index in [9.17, 15) is 0 Å². The molecule has 0 amide bonds. The summed E-state index contributed by atoms with van der Waals surface area (Å²) in [6, 6.07) is 9.49. The van der Waals surface area contributed by atoms with Crippen LogP contribution in [-0.2, 0) is 4.74 Å². The molecule has 0 saturated heterocycles. The highest BCUT2D eigenvalue weighted by Crippen LogP contribution is 2.26. The summed E-state index contributed by atoms with van der Waals surface area (Å²) in [7, 11) is 0.